The topological polar surface area (TPSA) is 35.5 Å². The molecule has 0 amide bonds. The third-order valence-electron chi connectivity index (χ3n) is 1.79. The van der Waals surface area contributed by atoms with Crippen LogP contribution in [0, 0.1) is 0 Å². The Morgan fingerprint density at radius 3 is 2.44 bits per heavy atom. The van der Waals surface area contributed by atoms with Crippen molar-refractivity contribution in [2.45, 2.75) is 12.5 Å². The van der Waals surface area contributed by atoms with Crippen LogP contribution in [-0.4, -0.2) is 25.6 Å². The van der Waals surface area contributed by atoms with Gasteiger partial charge in [0.25, 0.3) is 0 Å². The van der Waals surface area contributed by atoms with E-state index in [1.165, 1.54) is 6.07 Å². The first-order chi connectivity index (χ1) is 8.24. The number of carbonyl (C=O) groups excluding carboxylic acids is 1. The fraction of sp³-hybridized carbons (Fsp3) is 0.300. The van der Waals surface area contributed by atoms with E-state index < -0.39 is 24.3 Å². The van der Waals surface area contributed by atoms with Crippen LogP contribution in [0.25, 0.3) is 0 Å². The van der Waals surface area contributed by atoms with E-state index in [0.29, 0.717) is 0 Å². The first-order valence-corrected chi connectivity index (χ1v) is 5.29. The average Bonchev–Trinajstić information content (AvgIpc) is 2.25. The number of esters is 1. The zero-order chi connectivity index (χ0) is 13.9. The SMILES string of the molecule is COC(=O)c1cc(Br)cc(OC(F)C(F)(F)F)c1. The highest BCUT2D eigenvalue weighted by molar-refractivity contribution is 9.10. The average molecular weight is 331 g/mol. The first kappa shape index (κ1) is 14.7. The van der Waals surface area contributed by atoms with Gasteiger partial charge in [-0.15, -0.1) is 0 Å². The van der Waals surface area contributed by atoms with Crippen LogP contribution in [0.5, 0.6) is 5.75 Å². The smallest absolute Gasteiger partial charge is 0.457 e. The van der Waals surface area contributed by atoms with E-state index in [4.69, 9.17) is 0 Å². The molecule has 0 saturated heterocycles. The van der Waals surface area contributed by atoms with Gasteiger partial charge in [0, 0.05) is 4.47 Å². The number of rotatable bonds is 3. The lowest BCUT2D eigenvalue weighted by Crippen LogP contribution is -2.29. The monoisotopic (exact) mass is 330 g/mol. The highest BCUT2D eigenvalue weighted by Gasteiger charge is 2.42. The summed E-state index contributed by atoms with van der Waals surface area (Å²) in [5, 5.41) is 0. The number of hydrogen-bond acceptors (Lipinski definition) is 3. The Morgan fingerprint density at radius 2 is 1.94 bits per heavy atom. The van der Waals surface area contributed by atoms with E-state index in [1.807, 2.05) is 0 Å². The molecule has 1 atom stereocenters. The zero-order valence-electron chi connectivity index (χ0n) is 8.92. The quantitative estimate of drug-likeness (QED) is 0.628. The van der Waals surface area contributed by atoms with Crippen LogP contribution < -0.4 is 4.74 Å². The Bertz CT molecular complexity index is 447. The lowest BCUT2D eigenvalue weighted by atomic mass is 10.2. The summed E-state index contributed by atoms with van der Waals surface area (Å²) in [5.41, 5.74) is -0.0590. The fourth-order valence-corrected chi connectivity index (χ4v) is 1.53. The van der Waals surface area contributed by atoms with Gasteiger partial charge in [-0.2, -0.15) is 17.6 Å². The Hall–Kier alpha value is -1.31. The van der Waals surface area contributed by atoms with Crippen LogP contribution in [-0.2, 0) is 4.74 Å². The molecule has 3 nitrogen and oxygen atoms in total. The molecule has 0 fully saturated rings. The molecular formula is C10H7BrF4O3. The summed E-state index contributed by atoms with van der Waals surface area (Å²) in [5.74, 6) is -1.21. The van der Waals surface area contributed by atoms with Crippen LogP contribution in [0.2, 0.25) is 0 Å². The van der Waals surface area contributed by atoms with Crippen molar-refractivity contribution in [2.24, 2.45) is 0 Å². The summed E-state index contributed by atoms with van der Waals surface area (Å²) in [6.07, 6.45) is -8.59. The third kappa shape index (κ3) is 3.86. The van der Waals surface area contributed by atoms with E-state index in [9.17, 15) is 22.4 Å². The lowest BCUT2D eigenvalue weighted by molar-refractivity contribution is -0.236. The minimum atomic E-state index is -5.13. The van der Waals surface area contributed by atoms with Crippen molar-refractivity contribution in [3.05, 3.63) is 28.2 Å². The standard InChI is InChI=1S/C10H7BrF4O3/c1-17-8(16)5-2-6(11)4-7(3-5)18-9(12)10(13,14)15/h2-4,9H,1H3. The molecule has 0 aromatic heterocycles. The second kappa shape index (κ2) is 5.55. The van der Waals surface area contributed by atoms with Crippen molar-refractivity contribution in [3.63, 3.8) is 0 Å². The minimum absolute atomic E-state index is 0.0590. The Labute approximate surface area is 108 Å². The molecule has 0 radical (unpaired) electrons. The van der Waals surface area contributed by atoms with Gasteiger partial charge in [-0.1, -0.05) is 15.9 Å². The number of methoxy groups -OCH3 is 1. The number of hydrogen-bond donors (Lipinski definition) is 0. The van der Waals surface area contributed by atoms with Gasteiger partial charge >= 0.3 is 18.5 Å². The van der Waals surface area contributed by atoms with Gasteiger partial charge in [0.2, 0.25) is 0 Å². The minimum Gasteiger partial charge on any atom is -0.465 e. The molecule has 0 spiro atoms. The largest absolute Gasteiger partial charge is 0.465 e. The highest BCUT2D eigenvalue weighted by atomic mass is 79.9. The molecule has 100 valence electrons. The maximum atomic E-state index is 12.7. The molecule has 1 unspecified atom stereocenters. The van der Waals surface area contributed by atoms with Gasteiger partial charge in [0.1, 0.15) is 5.75 Å². The van der Waals surface area contributed by atoms with Crippen molar-refractivity contribution in [1.29, 1.82) is 0 Å². The molecule has 1 aromatic rings. The maximum Gasteiger partial charge on any atom is 0.457 e. The zero-order valence-corrected chi connectivity index (χ0v) is 10.5. The maximum absolute atomic E-state index is 12.7. The predicted molar refractivity (Wildman–Crippen MR) is 57.1 cm³/mol. The lowest BCUT2D eigenvalue weighted by Gasteiger charge is -2.14. The first-order valence-electron chi connectivity index (χ1n) is 4.50. The summed E-state index contributed by atoms with van der Waals surface area (Å²) < 4.78 is 57.2. The predicted octanol–water partition coefficient (Wildman–Crippen LogP) is 3.47. The van der Waals surface area contributed by atoms with E-state index in [-0.39, 0.29) is 10.0 Å². The van der Waals surface area contributed by atoms with Crippen LogP contribution in [0.15, 0.2) is 22.7 Å². The van der Waals surface area contributed by atoms with E-state index in [2.05, 4.69) is 25.4 Å². The summed E-state index contributed by atoms with van der Waals surface area (Å²) >= 11 is 2.96. The highest BCUT2D eigenvalue weighted by Crippen LogP contribution is 2.28. The van der Waals surface area contributed by atoms with Gasteiger partial charge in [-0.25, -0.2) is 4.79 Å². The molecule has 8 heteroatoms. The Kier molecular flexibility index (Phi) is 4.55. The molecule has 0 aliphatic rings. The van der Waals surface area contributed by atoms with E-state index >= 15 is 0 Å². The molecule has 0 saturated carbocycles. The van der Waals surface area contributed by atoms with E-state index in [0.717, 1.165) is 19.2 Å². The van der Waals surface area contributed by atoms with Crippen molar-refractivity contribution in [1.82, 2.24) is 0 Å². The van der Waals surface area contributed by atoms with Crippen LogP contribution >= 0.6 is 15.9 Å². The molecule has 1 rings (SSSR count). The number of halogens is 5. The Balaban J connectivity index is 2.97. The summed E-state index contributed by atoms with van der Waals surface area (Å²) in [6, 6.07) is 3.36. The number of alkyl halides is 4. The van der Waals surface area contributed by atoms with Crippen molar-refractivity contribution >= 4 is 21.9 Å². The van der Waals surface area contributed by atoms with Gasteiger partial charge in [-0.3, -0.25) is 0 Å². The summed E-state index contributed by atoms with van der Waals surface area (Å²) in [4.78, 5) is 11.2. The second-order valence-corrected chi connectivity index (χ2v) is 4.06. The van der Waals surface area contributed by atoms with Gasteiger partial charge in [-0.05, 0) is 18.2 Å². The number of benzene rings is 1. The normalized spacial score (nSPS) is 13.0. The van der Waals surface area contributed by atoms with Crippen molar-refractivity contribution < 1.29 is 31.8 Å². The van der Waals surface area contributed by atoms with Gasteiger partial charge in [0.15, 0.2) is 0 Å². The van der Waals surface area contributed by atoms with Crippen molar-refractivity contribution in [3.8, 4) is 5.75 Å². The number of carbonyl (C=O) groups is 1. The van der Waals surface area contributed by atoms with Crippen molar-refractivity contribution in [2.75, 3.05) is 7.11 Å². The molecule has 0 heterocycles. The molecule has 0 bridgehead atoms. The number of ether oxygens (including phenoxy) is 2. The molecular weight excluding hydrogens is 324 g/mol. The van der Waals surface area contributed by atoms with Crippen LogP contribution in [0.1, 0.15) is 10.4 Å². The second-order valence-electron chi connectivity index (χ2n) is 3.14. The summed E-state index contributed by atoms with van der Waals surface area (Å²) in [7, 11) is 1.11. The molecule has 0 aliphatic heterocycles. The molecule has 18 heavy (non-hydrogen) atoms. The Morgan fingerprint density at radius 1 is 1.33 bits per heavy atom. The van der Waals surface area contributed by atoms with Crippen LogP contribution in [0.4, 0.5) is 17.6 Å². The van der Waals surface area contributed by atoms with Crippen LogP contribution in [0.3, 0.4) is 0 Å². The van der Waals surface area contributed by atoms with Gasteiger partial charge < -0.3 is 9.47 Å². The molecule has 0 aliphatic carbocycles. The summed E-state index contributed by atoms with van der Waals surface area (Å²) in [6.45, 7) is 0. The third-order valence-corrected chi connectivity index (χ3v) is 2.25. The molecule has 1 aromatic carbocycles. The van der Waals surface area contributed by atoms with Gasteiger partial charge in [0.05, 0.1) is 12.7 Å². The molecule has 0 N–H and O–H groups in total. The fourth-order valence-electron chi connectivity index (χ4n) is 1.05. The van der Waals surface area contributed by atoms with E-state index in [1.54, 1.807) is 0 Å².